The van der Waals surface area contributed by atoms with Crippen molar-refractivity contribution in [3.05, 3.63) is 42.2 Å². The Morgan fingerprint density at radius 3 is 2.75 bits per heavy atom. The molecule has 0 bridgehead atoms. The largest absolute Gasteiger partial charge is 0.494 e. The van der Waals surface area contributed by atoms with Gasteiger partial charge >= 0.3 is 0 Å². The van der Waals surface area contributed by atoms with E-state index in [1.807, 2.05) is 50.6 Å². The average Bonchev–Trinajstić information content (AvgIpc) is 3.18. The second-order valence-electron chi connectivity index (χ2n) is 5.77. The minimum atomic E-state index is -0.0919. The number of carbonyl (C=O) groups excluding carboxylic acids is 1. The highest BCUT2D eigenvalue weighted by Gasteiger charge is 2.34. The van der Waals surface area contributed by atoms with Gasteiger partial charge in [0.15, 0.2) is 0 Å². The molecule has 24 heavy (non-hydrogen) atoms. The average molecular weight is 351 g/mol. The molecule has 2 atom stereocenters. The summed E-state index contributed by atoms with van der Waals surface area (Å²) in [7, 11) is 1.89. The summed E-state index contributed by atoms with van der Waals surface area (Å²) in [6, 6.07) is 7.46. The fourth-order valence-electron chi connectivity index (χ4n) is 2.97. The number of nitrogens with zero attached hydrogens (tertiary/aromatic N) is 2. The van der Waals surface area contributed by atoms with Crippen LogP contribution in [0, 0.1) is 5.92 Å². The molecule has 0 saturated carbocycles. The molecule has 3 rings (SSSR count). The molecular formula is C17H23ClN4O2. The molecule has 7 heteroatoms. The molecule has 6 nitrogen and oxygen atoms in total. The summed E-state index contributed by atoms with van der Waals surface area (Å²) in [5.74, 6) is 0.909. The summed E-state index contributed by atoms with van der Waals surface area (Å²) in [6.07, 6.45) is 3.82. The van der Waals surface area contributed by atoms with E-state index in [1.165, 1.54) is 0 Å². The van der Waals surface area contributed by atoms with Crippen LogP contribution >= 0.6 is 12.4 Å². The van der Waals surface area contributed by atoms with Gasteiger partial charge in [0.25, 0.3) is 0 Å². The fraction of sp³-hybridized carbons (Fsp3) is 0.412. The van der Waals surface area contributed by atoms with Crippen molar-refractivity contribution in [3.63, 3.8) is 0 Å². The first-order chi connectivity index (χ1) is 11.2. The third-order valence-corrected chi connectivity index (χ3v) is 4.14. The van der Waals surface area contributed by atoms with Crippen molar-refractivity contribution in [1.29, 1.82) is 0 Å². The second kappa shape index (κ2) is 8.17. The number of hydrogen-bond acceptors (Lipinski definition) is 4. The van der Waals surface area contributed by atoms with Crippen molar-refractivity contribution < 1.29 is 9.53 Å². The van der Waals surface area contributed by atoms with E-state index >= 15 is 0 Å². The lowest BCUT2D eigenvalue weighted by Crippen LogP contribution is -2.28. The Labute approximate surface area is 148 Å². The maximum Gasteiger partial charge on any atom is 0.229 e. The number of ether oxygens (including phenoxy) is 1. The standard InChI is InChI=1S/C17H22N4O2.ClH/c1-3-23-14-6-4-13(5-7-14)20-17(22)16-10-18-9-15(16)12-8-19-21(2)11-12;/h4-8,11,15-16,18H,3,9-10H2,1-2H3,(H,20,22);1H/t15-,16+;/m1./s1. The van der Waals surface area contributed by atoms with Crippen LogP contribution < -0.4 is 15.4 Å². The molecule has 1 aliphatic rings. The zero-order chi connectivity index (χ0) is 16.2. The monoisotopic (exact) mass is 350 g/mol. The normalized spacial score (nSPS) is 19.6. The molecule has 0 spiro atoms. The highest BCUT2D eigenvalue weighted by atomic mass is 35.5. The molecule has 0 radical (unpaired) electrons. The van der Waals surface area contributed by atoms with Gasteiger partial charge in [-0.25, -0.2) is 0 Å². The zero-order valence-electron chi connectivity index (χ0n) is 13.9. The molecule has 1 fully saturated rings. The number of anilines is 1. The minimum Gasteiger partial charge on any atom is -0.494 e. The molecule has 2 heterocycles. The summed E-state index contributed by atoms with van der Waals surface area (Å²) in [5, 5.41) is 10.5. The number of amides is 1. The minimum absolute atomic E-state index is 0. The molecule has 130 valence electrons. The lowest BCUT2D eigenvalue weighted by atomic mass is 9.90. The van der Waals surface area contributed by atoms with Crippen molar-refractivity contribution in [2.45, 2.75) is 12.8 Å². The van der Waals surface area contributed by atoms with Gasteiger partial charge in [0.2, 0.25) is 5.91 Å². The van der Waals surface area contributed by atoms with E-state index in [4.69, 9.17) is 4.74 Å². The summed E-state index contributed by atoms with van der Waals surface area (Å²) >= 11 is 0. The van der Waals surface area contributed by atoms with E-state index in [9.17, 15) is 4.79 Å². The number of halogens is 1. The van der Waals surface area contributed by atoms with E-state index < -0.39 is 0 Å². The van der Waals surface area contributed by atoms with Crippen molar-refractivity contribution in [2.75, 3.05) is 25.0 Å². The first-order valence-electron chi connectivity index (χ1n) is 7.90. The first kappa shape index (κ1) is 18.3. The van der Waals surface area contributed by atoms with Crippen LogP contribution in [0.15, 0.2) is 36.7 Å². The Balaban J connectivity index is 0.00000208. The van der Waals surface area contributed by atoms with Crippen molar-refractivity contribution in [3.8, 4) is 5.75 Å². The topological polar surface area (TPSA) is 68.2 Å². The Hall–Kier alpha value is -2.05. The second-order valence-corrected chi connectivity index (χ2v) is 5.77. The van der Waals surface area contributed by atoms with E-state index in [0.717, 1.165) is 23.5 Å². The van der Waals surface area contributed by atoms with Crippen LogP contribution in [0.4, 0.5) is 5.69 Å². The maximum absolute atomic E-state index is 12.6. The van der Waals surface area contributed by atoms with Crippen LogP contribution in [0.3, 0.4) is 0 Å². The van der Waals surface area contributed by atoms with Gasteiger partial charge in [0.05, 0.1) is 18.7 Å². The molecule has 1 saturated heterocycles. The van der Waals surface area contributed by atoms with Crippen LogP contribution in [0.2, 0.25) is 0 Å². The van der Waals surface area contributed by atoms with Gasteiger partial charge in [-0.05, 0) is 36.8 Å². The van der Waals surface area contributed by atoms with Gasteiger partial charge in [-0.15, -0.1) is 12.4 Å². The number of carbonyl (C=O) groups is 1. The highest BCUT2D eigenvalue weighted by Crippen LogP contribution is 2.29. The number of nitrogens with one attached hydrogen (secondary N) is 2. The lowest BCUT2D eigenvalue weighted by Gasteiger charge is -2.17. The SMILES string of the molecule is CCOc1ccc(NC(=O)[C@H]2CNC[C@@H]2c2cnn(C)c2)cc1.Cl. The van der Waals surface area contributed by atoms with Gasteiger partial charge in [-0.3, -0.25) is 9.48 Å². The van der Waals surface area contributed by atoms with Gasteiger partial charge in [0, 0.05) is 37.9 Å². The molecule has 1 aromatic carbocycles. The van der Waals surface area contributed by atoms with Crippen LogP contribution in [0.25, 0.3) is 0 Å². The number of aromatic nitrogens is 2. The predicted octanol–water partition coefficient (Wildman–Crippen LogP) is 2.18. The Morgan fingerprint density at radius 2 is 2.12 bits per heavy atom. The number of rotatable bonds is 5. The van der Waals surface area contributed by atoms with Crippen LogP contribution in [0.5, 0.6) is 5.75 Å². The van der Waals surface area contributed by atoms with E-state index in [-0.39, 0.29) is 30.2 Å². The molecule has 0 unspecified atom stereocenters. The predicted molar refractivity (Wildman–Crippen MR) is 95.8 cm³/mol. The van der Waals surface area contributed by atoms with Crippen LogP contribution in [-0.2, 0) is 11.8 Å². The molecular weight excluding hydrogens is 328 g/mol. The highest BCUT2D eigenvalue weighted by molar-refractivity contribution is 5.93. The third-order valence-electron chi connectivity index (χ3n) is 4.14. The van der Waals surface area contributed by atoms with Crippen LogP contribution in [0.1, 0.15) is 18.4 Å². The Kier molecular flexibility index (Phi) is 6.23. The Morgan fingerprint density at radius 1 is 1.38 bits per heavy atom. The summed E-state index contributed by atoms with van der Waals surface area (Å²) < 4.78 is 7.18. The summed E-state index contributed by atoms with van der Waals surface area (Å²) in [6.45, 7) is 4.06. The molecule has 2 aromatic rings. The van der Waals surface area contributed by atoms with E-state index in [2.05, 4.69) is 15.7 Å². The van der Waals surface area contributed by atoms with Crippen LogP contribution in [-0.4, -0.2) is 35.4 Å². The van der Waals surface area contributed by atoms with E-state index in [0.29, 0.717) is 13.2 Å². The molecule has 1 aromatic heterocycles. The molecule has 1 amide bonds. The van der Waals surface area contributed by atoms with E-state index in [1.54, 1.807) is 4.68 Å². The number of aryl methyl sites for hydroxylation is 1. The van der Waals surface area contributed by atoms with Gasteiger partial charge in [-0.2, -0.15) is 5.10 Å². The van der Waals surface area contributed by atoms with Crippen molar-refractivity contribution in [1.82, 2.24) is 15.1 Å². The van der Waals surface area contributed by atoms with Gasteiger partial charge in [-0.1, -0.05) is 0 Å². The summed E-state index contributed by atoms with van der Waals surface area (Å²) in [5.41, 5.74) is 1.89. The first-order valence-corrected chi connectivity index (χ1v) is 7.90. The molecule has 1 aliphatic heterocycles. The maximum atomic E-state index is 12.6. The fourth-order valence-corrected chi connectivity index (χ4v) is 2.97. The quantitative estimate of drug-likeness (QED) is 0.867. The third kappa shape index (κ3) is 4.07. The number of benzene rings is 1. The zero-order valence-corrected chi connectivity index (χ0v) is 14.7. The Bertz CT molecular complexity index is 671. The van der Waals surface area contributed by atoms with Crippen molar-refractivity contribution >= 4 is 24.0 Å². The molecule has 2 N–H and O–H groups in total. The van der Waals surface area contributed by atoms with Gasteiger partial charge in [0.1, 0.15) is 5.75 Å². The van der Waals surface area contributed by atoms with Gasteiger partial charge < -0.3 is 15.4 Å². The smallest absolute Gasteiger partial charge is 0.229 e. The molecule has 0 aliphatic carbocycles. The van der Waals surface area contributed by atoms with Crippen molar-refractivity contribution in [2.24, 2.45) is 13.0 Å². The number of hydrogen-bond donors (Lipinski definition) is 2. The summed E-state index contributed by atoms with van der Waals surface area (Å²) in [4.78, 5) is 12.6. The lowest BCUT2D eigenvalue weighted by molar-refractivity contribution is -0.119.